The number of tetrazole rings is 1. The van der Waals surface area contributed by atoms with Crippen molar-refractivity contribution in [1.29, 1.82) is 0 Å². The zero-order valence-electron chi connectivity index (χ0n) is 14.2. The Balaban J connectivity index is 1.36. The fourth-order valence-electron chi connectivity index (χ4n) is 2.96. The molecule has 25 heavy (non-hydrogen) atoms. The molecule has 1 unspecified atom stereocenters. The predicted molar refractivity (Wildman–Crippen MR) is 87.8 cm³/mol. The molecule has 2 aromatic heterocycles. The Bertz CT molecular complexity index is 731. The first kappa shape index (κ1) is 16.0. The van der Waals surface area contributed by atoms with Crippen molar-refractivity contribution in [3.8, 4) is 0 Å². The molecule has 0 radical (unpaired) electrons. The van der Waals surface area contributed by atoms with E-state index >= 15 is 0 Å². The van der Waals surface area contributed by atoms with Gasteiger partial charge in [0.1, 0.15) is 6.54 Å². The van der Waals surface area contributed by atoms with Gasteiger partial charge in [-0.1, -0.05) is 0 Å². The Morgan fingerprint density at radius 2 is 2.20 bits per heavy atom. The first-order valence-electron chi connectivity index (χ1n) is 8.63. The average molecular weight is 346 g/mol. The highest BCUT2D eigenvalue weighted by molar-refractivity contribution is 5.76. The Labute approximate surface area is 145 Å². The number of hydrogen-bond donors (Lipinski definition) is 1. The first-order chi connectivity index (χ1) is 12.2. The molecule has 3 heterocycles. The molecule has 0 spiro atoms. The summed E-state index contributed by atoms with van der Waals surface area (Å²) in [5, 5.41) is 19.6. The maximum absolute atomic E-state index is 12.3. The lowest BCUT2D eigenvalue weighted by Gasteiger charge is -2.26. The number of nitrogens with zero attached hydrogens (tertiary/aromatic N) is 7. The minimum Gasteiger partial charge on any atom is -0.378 e. The van der Waals surface area contributed by atoms with E-state index in [4.69, 9.17) is 4.74 Å². The Morgan fingerprint density at radius 1 is 1.40 bits per heavy atom. The van der Waals surface area contributed by atoms with Gasteiger partial charge in [-0.2, -0.15) is 5.10 Å². The molecule has 2 aliphatic rings. The monoisotopic (exact) mass is 346 g/mol. The van der Waals surface area contributed by atoms with Crippen molar-refractivity contribution in [3.05, 3.63) is 18.2 Å². The van der Waals surface area contributed by atoms with E-state index in [1.807, 2.05) is 22.7 Å². The summed E-state index contributed by atoms with van der Waals surface area (Å²) >= 11 is 0. The van der Waals surface area contributed by atoms with Crippen LogP contribution in [0.5, 0.6) is 0 Å². The van der Waals surface area contributed by atoms with Crippen LogP contribution in [0.1, 0.15) is 37.7 Å². The van der Waals surface area contributed by atoms with Gasteiger partial charge in [0.05, 0.1) is 37.2 Å². The fourth-order valence-corrected chi connectivity index (χ4v) is 2.96. The van der Waals surface area contributed by atoms with Gasteiger partial charge in [0.25, 0.3) is 0 Å². The molecule has 1 aliphatic heterocycles. The van der Waals surface area contributed by atoms with E-state index in [9.17, 15) is 4.79 Å². The molecule has 0 aromatic carbocycles. The molecule has 1 saturated heterocycles. The Hall–Kier alpha value is -2.49. The van der Waals surface area contributed by atoms with Gasteiger partial charge in [-0.25, -0.2) is 4.68 Å². The Kier molecular flexibility index (Phi) is 4.35. The van der Waals surface area contributed by atoms with Gasteiger partial charge in [-0.3, -0.25) is 9.48 Å². The van der Waals surface area contributed by atoms with Crippen molar-refractivity contribution in [2.24, 2.45) is 0 Å². The van der Waals surface area contributed by atoms with Gasteiger partial charge in [-0.15, -0.1) is 5.10 Å². The van der Waals surface area contributed by atoms with Crippen molar-refractivity contribution in [2.75, 3.05) is 31.6 Å². The average Bonchev–Trinajstić information content (AvgIpc) is 3.18. The van der Waals surface area contributed by atoms with E-state index in [0.717, 1.165) is 24.4 Å². The second kappa shape index (κ2) is 6.79. The highest BCUT2D eigenvalue weighted by Gasteiger charge is 2.29. The minimum atomic E-state index is -0.0387. The maximum Gasteiger partial charge on any atom is 0.244 e. The second-order valence-electron chi connectivity index (χ2n) is 6.50. The molecule has 2 fully saturated rings. The van der Waals surface area contributed by atoms with Crippen LogP contribution in [-0.2, 0) is 16.1 Å². The van der Waals surface area contributed by atoms with Crippen LogP contribution in [0.15, 0.2) is 12.4 Å². The first-order valence-corrected chi connectivity index (χ1v) is 8.63. The molecule has 1 atom stereocenters. The lowest BCUT2D eigenvalue weighted by molar-refractivity contribution is -0.136. The summed E-state index contributed by atoms with van der Waals surface area (Å²) in [5.74, 6) is 0.878. The standard InChI is InChI=1S/C15H22N8O2/c1-11(15-18-19-20-23(15)13-2-3-13)17-12-8-16-22(9-12)10-14(24)21-4-6-25-7-5-21/h8-9,11,13,17H,2-7,10H2,1H3. The summed E-state index contributed by atoms with van der Waals surface area (Å²) in [4.78, 5) is 14.1. The topological polar surface area (TPSA) is 103 Å². The third kappa shape index (κ3) is 3.63. The van der Waals surface area contributed by atoms with Crippen LogP contribution in [0.3, 0.4) is 0 Å². The number of rotatable bonds is 6. The number of morpholine rings is 1. The molecule has 134 valence electrons. The number of nitrogens with one attached hydrogen (secondary N) is 1. The lowest BCUT2D eigenvalue weighted by Crippen LogP contribution is -2.42. The number of carbonyl (C=O) groups excluding carboxylic acids is 1. The zero-order valence-corrected chi connectivity index (χ0v) is 14.2. The fraction of sp³-hybridized carbons (Fsp3) is 0.667. The van der Waals surface area contributed by atoms with E-state index < -0.39 is 0 Å². The minimum absolute atomic E-state index is 0.0387. The van der Waals surface area contributed by atoms with Gasteiger partial charge < -0.3 is 15.0 Å². The van der Waals surface area contributed by atoms with Crippen LogP contribution < -0.4 is 5.32 Å². The van der Waals surface area contributed by atoms with Gasteiger partial charge in [-0.05, 0) is 30.2 Å². The van der Waals surface area contributed by atoms with Crippen LogP contribution in [0.2, 0.25) is 0 Å². The van der Waals surface area contributed by atoms with Crippen LogP contribution in [0, 0.1) is 0 Å². The van der Waals surface area contributed by atoms with E-state index in [1.165, 1.54) is 0 Å². The third-order valence-electron chi connectivity index (χ3n) is 4.48. The summed E-state index contributed by atoms with van der Waals surface area (Å²) in [6.07, 6.45) is 5.81. The highest BCUT2D eigenvalue weighted by Crippen LogP contribution is 2.35. The molecule has 2 aromatic rings. The summed E-state index contributed by atoms with van der Waals surface area (Å²) in [6, 6.07) is 0.395. The molecule has 1 aliphatic carbocycles. The number of carbonyl (C=O) groups is 1. The van der Waals surface area contributed by atoms with Crippen molar-refractivity contribution < 1.29 is 9.53 Å². The third-order valence-corrected chi connectivity index (χ3v) is 4.48. The van der Waals surface area contributed by atoms with Gasteiger partial charge in [0.2, 0.25) is 5.91 Å². The highest BCUT2D eigenvalue weighted by atomic mass is 16.5. The summed E-state index contributed by atoms with van der Waals surface area (Å²) in [6.45, 7) is 4.74. The molecule has 1 amide bonds. The number of ether oxygens (including phenoxy) is 1. The van der Waals surface area contributed by atoms with Crippen LogP contribution >= 0.6 is 0 Å². The molecular formula is C15H22N8O2. The smallest absolute Gasteiger partial charge is 0.244 e. The molecule has 1 N–H and O–H groups in total. The predicted octanol–water partition coefficient (Wildman–Crippen LogP) is 0.236. The van der Waals surface area contributed by atoms with Crippen molar-refractivity contribution in [2.45, 2.75) is 38.4 Å². The number of aromatic nitrogens is 6. The SMILES string of the molecule is CC(Nc1cnn(CC(=O)N2CCOCC2)c1)c1nnnn1C1CC1. The molecular weight excluding hydrogens is 324 g/mol. The maximum atomic E-state index is 12.3. The van der Waals surface area contributed by atoms with Crippen LogP contribution in [-0.4, -0.2) is 67.1 Å². The normalized spacial score (nSPS) is 19.0. The number of hydrogen-bond acceptors (Lipinski definition) is 7. The molecule has 10 heteroatoms. The quantitative estimate of drug-likeness (QED) is 0.799. The molecule has 4 rings (SSSR count). The van der Waals surface area contributed by atoms with E-state index in [0.29, 0.717) is 32.3 Å². The summed E-state index contributed by atoms with van der Waals surface area (Å²) in [5.41, 5.74) is 0.840. The zero-order chi connectivity index (χ0) is 17.2. The van der Waals surface area contributed by atoms with Gasteiger partial charge >= 0.3 is 0 Å². The van der Waals surface area contributed by atoms with Crippen LogP contribution in [0.25, 0.3) is 0 Å². The van der Waals surface area contributed by atoms with E-state index in [-0.39, 0.29) is 18.5 Å². The van der Waals surface area contributed by atoms with Crippen LogP contribution in [0.4, 0.5) is 5.69 Å². The summed E-state index contributed by atoms with van der Waals surface area (Å²) in [7, 11) is 0. The lowest BCUT2D eigenvalue weighted by atomic mass is 10.3. The van der Waals surface area contributed by atoms with E-state index in [2.05, 4.69) is 25.9 Å². The van der Waals surface area contributed by atoms with Crippen molar-refractivity contribution in [1.82, 2.24) is 34.9 Å². The molecule has 0 bridgehead atoms. The van der Waals surface area contributed by atoms with Gasteiger partial charge in [0, 0.05) is 19.3 Å². The van der Waals surface area contributed by atoms with E-state index in [1.54, 1.807) is 10.9 Å². The molecule has 1 saturated carbocycles. The second-order valence-corrected chi connectivity index (χ2v) is 6.50. The Morgan fingerprint density at radius 3 is 2.96 bits per heavy atom. The molecule has 10 nitrogen and oxygen atoms in total. The van der Waals surface area contributed by atoms with Crippen molar-refractivity contribution in [3.63, 3.8) is 0 Å². The largest absolute Gasteiger partial charge is 0.378 e. The summed E-state index contributed by atoms with van der Waals surface area (Å²) < 4.78 is 8.81. The van der Waals surface area contributed by atoms with Crippen molar-refractivity contribution >= 4 is 11.6 Å². The van der Waals surface area contributed by atoms with Gasteiger partial charge in [0.15, 0.2) is 5.82 Å². The number of amides is 1. The number of anilines is 1.